The maximum Gasteiger partial charge on any atom is 0.0798 e. The summed E-state index contributed by atoms with van der Waals surface area (Å²) in [6.07, 6.45) is 1.89. The zero-order valence-electron chi connectivity index (χ0n) is 12.6. The number of rotatable bonds is 1. The minimum Gasteiger partial charge on any atom is -0.256 e. The molecule has 2 aromatic carbocycles. The third kappa shape index (κ3) is 1.75. The van der Waals surface area contributed by atoms with Gasteiger partial charge in [-0.05, 0) is 28.8 Å². The molecule has 0 bridgehead atoms. The fraction of sp³-hybridized carbons (Fsp3) is 0.150. The first-order chi connectivity index (χ1) is 10.6. The molecule has 1 nitrogen and oxygen atoms in total. The zero-order valence-corrected chi connectivity index (χ0v) is 13.4. The molecule has 0 aliphatic heterocycles. The van der Waals surface area contributed by atoms with Crippen LogP contribution in [0.5, 0.6) is 0 Å². The van der Waals surface area contributed by atoms with Crippen LogP contribution in [0.3, 0.4) is 0 Å². The summed E-state index contributed by atoms with van der Waals surface area (Å²) >= 11 is 6.42. The second-order valence-electron chi connectivity index (χ2n) is 6.23. The third-order valence-electron chi connectivity index (χ3n) is 4.62. The summed E-state index contributed by atoms with van der Waals surface area (Å²) in [6, 6.07) is 18.7. The van der Waals surface area contributed by atoms with Gasteiger partial charge in [0.25, 0.3) is 0 Å². The lowest BCUT2D eigenvalue weighted by atomic mass is 9.82. The highest BCUT2D eigenvalue weighted by molar-refractivity contribution is 6.33. The highest BCUT2D eigenvalue weighted by Gasteiger charge is 2.37. The lowest BCUT2D eigenvalue weighted by Crippen LogP contribution is -2.14. The molecule has 0 atom stereocenters. The maximum absolute atomic E-state index is 6.42. The van der Waals surface area contributed by atoms with Crippen molar-refractivity contribution >= 4 is 11.6 Å². The van der Waals surface area contributed by atoms with Gasteiger partial charge in [0, 0.05) is 27.8 Å². The first-order valence-corrected chi connectivity index (χ1v) is 7.83. The fourth-order valence-corrected chi connectivity index (χ4v) is 3.73. The number of halogens is 1. The van der Waals surface area contributed by atoms with Gasteiger partial charge in [-0.25, -0.2) is 0 Å². The minimum atomic E-state index is -0.00905. The molecular formula is C20H16ClN. The highest BCUT2D eigenvalue weighted by atomic mass is 35.5. The van der Waals surface area contributed by atoms with E-state index in [0.29, 0.717) is 0 Å². The molecule has 0 amide bonds. The summed E-state index contributed by atoms with van der Waals surface area (Å²) < 4.78 is 0. The molecule has 0 saturated carbocycles. The Morgan fingerprint density at radius 2 is 1.50 bits per heavy atom. The monoisotopic (exact) mass is 305 g/mol. The van der Waals surface area contributed by atoms with Crippen molar-refractivity contribution in [3.05, 3.63) is 76.9 Å². The van der Waals surface area contributed by atoms with E-state index in [1.807, 2.05) is 30.5 Å². The van der Waals surface area contributed by atoms with Crippen LogP contribution in [0.25, 0.3) is 22.4 Å². The highest BCUT2D eigenvalue weighted by Crippen LogP contribution is 2.51. The molecule has 0 N–H and O–H groups in total. The second kappa shape index (κ2) is 4.69. The van der Waals surface area contributed by atoms with E-state index < -0.39 is 0 Å². The minimum absolute atomic E-state index is 0.00905. The standard InChI is InChI=1S/C20H16ClN/c1-20(2)15-9-5-3-7-13(15)18-16(20)11-12-22-19(18)14-8-4-6-10-17(14)21/h3-12H,1-2H3. The normalized spacial score (nSPS) is 14.5. The van der Waals surface area contributed by atoms with E-state index in [0.717, 1.165) is 16.3 Å². The van der Waals surface area contributed by atoms with Crippen molar-refractivity contribution in [2.45, 2.75) is 19.3 Å². The number of nitrogens with zero attached hydrogens (tertiary/aromatic N) is 1. The number of aromatic nitrogens is 1. The van der Waals surface area contributed by atoms with Crippen LogP contribution < -0.4 is 0 Å². The molecular weight excluding hydrogens is 290 g/mol. The second-order valence-corrected chi connectivity index (χ2v) is 6.64. The van der Waals surface area contributed by atoms with E-state index in [-0.39, 0.29) is 5.41 Å². The van der Waals surface area contributed by atoms with Crippen LogP contribution in [0.2, 0.25) is 5.02 Å². The van der Waals surface area contributed by atoms with Crippen LogP contribution in [-0.4, -0.2) is 4.98 Å². The third-order valence-corrected chi connectivity index (χ3v) is 4.95. The van der Waals surface area contributed by atoms with E-state index in [1.165, 1.54) is 22.3 Å². The molecule has 108 valence electrons. The van der Waals surface area contributed by atoms with Gasteiger partial charge in [0.2, 0.25) is 0 Å². The van der Waals surface area contributed by atoms with Crippen molar-refractivity contribution in [1.82, 2.24) is 4.98 Å². The molecule has 0 spiro atoms. The summed E-state index contributed by atoms with van der Waals surface area (Å²) in [5.74, 6) is 0. The Balaban J connectivity index is 2.09. The first kappa shape index (κ1) is 13.5. The molecule has 3 aromatic rings. The Labute approximate surface area is 135 Å². The van der Waals surface area contributed by atoms with Crippen molar-refractivity contribution in [3.63, 3.8) is 0 Å². The molecule has 1 aromatic heterocycles. The summed E-state index contributed by atoms with van der Waals surface area (Å²) in [4.78, 5) is 4.66. The molecule has 0 fully saturated rings. The molecule has 1 aliphatic carbocycles. The topological polar surface area (TPSA) is 12.9 Å². The van der Waals surface area contributed by atoms with E-state index >= 15 is 0 Å². The van der Waals surface area contributed by atoms with Gasteiger partial charge in [-0.3, -0.25) is 4.98 Å². The number of hydrogen-bond acceptors (Lipinski definition) is 1. The number of benzene rings is 2. The average Bonchev–Trinajstić information content (AvgIpc) is 2.77. The Morgan fingerprint density at radius 3 is 2.27 bits per heavy atom. The Morgan fingerprint density at radius 1 is 0.818 bits per heavy atom. The first-order valence-electron chi connectivity index (χ1n) is 7.45. The fourth-order valence-electron chi connectivity index (χ4n) is 3.50. The van der Waals surface area contributed by atoms with E-state index in [2.05, 4.69) is 49.2 Å². The van der Waals surface area contributed by atoms with Gasteiger partial charge < -0.3 is 0 Å². The maximum atomic E-state index is 6.42. The van der Waals surface area contributed by atoms with Crippen molar-refractivity contribution in [3.8, 4) is 22.4 Å². The summed E-state index contributed by atoms with van der Waals surface area (Å²) in [7, 11) is 0. The van der Waals surface area contributed by atoms with E-state index in [9.17, 15) is 0 Å². The summed E-state index contributed by atoms with van der Waals surface area (Å²) in [6.45, 7) is 4.54. The Bertz CT molecular complexity index is 880. The number of fused-ring (bicyclic) bond motifs is 3. The van der Waals surface area contributed by atoms with Gasteiger partial charge in [-0.1, -0.05) is 67.9 Å². The van der Waals surface area contributed by atoms with Gasteiger partial charge in [-0.15, -0.1) is 0 Å². The SMILES string of the molecule is CC1(C)c2ccccc2-c2c1ccnc2-c1ccccc1Cl. The van der Waals surface area contributed by atoms with Gasteiger partial charge in [0.15, 0.2) is 0 Å². The quantitative estimate of drug-likeness (QED) is 0.561. The number of hydrogen-bond donors (Lipinski definition) is 0. The van der Waals surface area contributed by atoms with Crippen LogP contribution in [0.1, 0.15) is 25.0 Å². The van der Waals surface area contributed by atoms with Crippen LogP contribution in [-0.2, 0) is 5.41 Å². The predicted molar refractivity (Wildman–Crippen MR) is 92.2 cm³/mol. The molecule has 0 saturated heterocycles. The summed E-state index contributed by atoms with van der Waals surface area (Å²) in [5, 5.41) is 0.741. The molecule has 2 heteroatoms. The molecule has 22 heavy (non-hydrogen) atoms. The van der Waals surface area contributed by atoms with Crippen LogP contribution in [0.4, 0.5) is 0 Å². The zero-order chi connectivity index (χ0) is 15.3. The van der Waals surface area contributed by atoms with Gasteiger partial charge in [0.05, 0.1) is 5.69 Å². The van der Waals surface area contributed by atoms with Gasteiger partial charge in [0.1, 0.15) is 0 Å². The van der Waals surface area contributed by atoms with E-state index in [1.54, 1.807) is 0 Å². The number of pyridine rings is 1. The van der Waals surface area contributed by atoms with Gasteiger partial charge >= 0.3 is 0 Å². The molecule has 4 rings (SSSR count). The van der Waals surface area contributed by atoms with Crippen LogP contribution >= 0.6 is 11.6 Å². The van der Waals surface area contributed by atoms with Crippen molar-refractivity contribution in [2.75, 3.05) is 0 Å². The van der Waals surface area contributed by atoms with Crippen LogP contribution in [0, 0.1) is 0 Å². The van der Waals surface area contributed by atoms with Crippen LogP contribution in [0.15, 0.2) is 60.8 Å². The van der Waals surface area contributed by atoms with Crippen molar-refractivity contribution in [2.24, 2.45) is 0 Å². The predicted octanol–water partition coefficient (Wildman–Crippen LogP) is 5.71. The smallest absolute Gasteiger partial charge is 0.0798 e. The largest absolute Gasteiger partial charge is 0.256 e. The lowest BCUT2D eigenvalue weighted by molar-refractivity contribution is 0.660. The lowest BCUT2D eigenvalue weighted by Gasteiger charge is -2.21. The van der Waals surface area contributed by atoms with Crippen molar-refractivity contribution < 1.29 is 0 Å². The van der Waals surface area contributed by atoms with Gasteiger partial charge in [-0.2, -0.15) is 0 Å². The molecule has 0 unspecified atom stereocenters. The molecule has 0 radical (unpaired) electrons. The Kier molecular flexibility index (Phi) is 2.88. The molecule has 1 aliphatic rings. The average molecular weight is 306 g/mol. The summed E-state index contributed by atoms with van der Waals surface area (Å²) in [5.41, 5.74) is 7.12. The van der Waals surface area contributed by atoms with E-state index in [4.69, 9.17) is 11.6 Å². The Hall–Kier alpha value is -2.12. The van der Waals surface area contributed by atoms with Crippen molar-refractivity contribution in [1.29, 1.82) is 0 Å². The molecule has 1 heterocycles.